The molecule has 1 saturated heterocycles. The van der Waals surface area contributed by atoms with Crippen molar-refractivity contribution in [1.29, 1.82) is 0 Å². The van der Waals surface area contributed by atoms with Crippen molar-refractivity contribution in [3.8, 4) is 11.5 Å². The Hall–Kier alpha value is -1.40. The van der Waals surface area contributed by atoms with E-state index in [1.165, 1.54) is 13.2 Å². The number of rotatable bonds is 6. The maximum Gasteiger partial charge on any atom is 0.387 e. The lowest BCUT2D eigenvalue weighted by atomic mass is 10.1. The quantitative estimate of drug-likeness (QED) is 0.871. The van der Waals surface area contributed by atoms with Crippen molar-refractivity contribution in [3.05, 3.63) is 23.8 Å². The number of methoxy groups -OCH3 is 1. The lowest BCUT2D eigenvalue weighted by Crippen LogP contribution is -2.31. The van der Waals surface area contributed by atoms with Crippen LogP contribution in [0.4, 0.5) is 8.78 Å². The topological polar surface area (TPSA) is 41.9 Å². The van der Waals surface area contributed by atoms with Crippen LogP contribution in [0.1, 0.15) is 18.4 Å². The molecule has 6 heteroatoms. The van der Waals surface area contributed by atoms with Gasteiger partial charge in [-0.05, 0) is 37.1 Å². The molecule has 1 aliphatic rings. The van der Waals surface area contributed by atoms with Crippen LogP contribution < -0.4 is 9.47 Å². The van der Waals surface area contributed by atoms with E-state index in [2.05, 4.69) is 9.64 Å². The zero-order valence-corrected chi connectivity index (χ0v) is 11.4. The highest BCUT2D eigenvalue weighted by Crippen LogP contribution is 2.30. The third-order valence-corrected chi connectivity index (χ3v) is 3.54. The Balaban J connectivity index is 2.09. The minimum atomic E-state index is -2.87. The van der Waals surface area contributed by atoms with Crippen molar-refractivity contribution >= 4 is 0 Å². The summed E-state index contributed by atoms with van der Waals surface area (Å²) >= 11 is 0. The van der Waals surface area contributed by atoms with Gasteiger partial charge in [-0.2, -0.15) is 8.78 Å². The van der Waals surface area contributed by atoms with Gasteiger partial charge in [-0.15, -0.1) is 0 Å². The number of ether oxygens (including phenoxy) is 2. The normalized spacial score (nSPS) is 19.6. The fraction of sp³-hybridized carbons (Fsp3) is 0.571. The van der Waals surface area contributed by atoms with Crippen LogP contribution >= 0.6 is 0 Å². The lowest BCUT2D eigenvalue weighted by Gasteiger charge is -2.23. The Morgan fingerprint density at radius 3 is 2.85 bits per heavy atom. The van der Waals surface area contributed by atoms with Crippen molar-refractivity contribution in [2.45, 2.75) is 32.0 Å². The van der Waals surface area contributed by atoms with E-state index in [4.69, 9.17) is 4.74 Å². The van der Waals surface area contributed by atoms with E-state index in [0.717, 1.165) is 24.9 Å². The first kappa shape index (κ1) is 15.0. The Morgan fingerprint density at radius 2 is 2.20 bits per heavy atom. The van der Waals surface area contributed by atoms with E-state index in [1.807, 2.05) is 0 Å². The minimum absolute atomic E-state index is 0.0337. The zero-order chi connectivity index (χ0) is 14.5. The summed E-state index contributed by atoms with van der Waals surface area (Å²) in [6.45, 7) is -1.13. The molecule has 0 saturated carbocycles. The number of hydrogen-bond donors (Lipinski definition) is 1. The standard InChI is InChI=1S/C14H19F2NO3/c1-19-13-7-10(4-5-12(13)20-14(15)16)8-17-6-2-3-11(17)9-18/h4-5,7,11,14,18H,2-3,6,8-9H2,1H3/t11-/m1/s1. The lowest BCUT2D eigenvalue weighted by molar-refractivity contribution is -0.0512. The fourth-order valence-corrected chi connectivity index (χ4v) is 2.55. The first-order valence-corrected chi connectivity index (χ1v) is 6.60. The van der Waals surface area contributed by atoms with E-state index in [0.29, 0.717) is 12.3 Å². The van der Waals surface area contributed by atoms with Crippen molar-refractivity contribution in [3.63, 3.8) is 0 Å². The second-order valence-corrected chi connectivity index (χ2v) is 4.81. The van der Waals surface area contributed by atoms with Gasteiger partial charge in [0, 0.05) is 12.6 Å². The summed E-state index contributed by atoms with van der Waals surface area (Å²) in [7, 11) is 1.42. The highest BCUT2D eigenvalue weighted by atomic mass is 19.3. The van der Waals surface area contributed by atoms with Crippen LogP contribution in [0.15, 0.2) is 18.2 Å². The van der Waals surface area contributed by atoms with Gasteiger partial charge in [-0.25, -0.2) is 0 Å². The summed E-state index contributed by atoms with van der Waals surface area (Å²) in [5.41, 5.74) is 0.948. The molecule has 0 aromatic heterocycles. The summed E-state index contributed by atoms with van der Waals surface area (Å²) in [4.78, 5) is 2.18. The molecule has 2 rings (SSSR count). The van der Waals surface area contributed by atoms with E-state index in [1.54, 1.807) is 12.1 Å². The van der Waals surface area contributed by atoms with Crippen molar-refractivity contribution in [1.82, 2.24) is 4.90 Å². The number of hydrogen-bond acceptors (Lipinski definition) is 4. The summed E-state index contributed by atoms with van der Waals surface area (Å²) < 4.78 is 34.0. The predicted octanol–water partition coefficient (Wildman–Crippen LogP) is 2.25. The summed E-state index contributed by atoms with van der Waals surface area (Å²) in [5.74, 6) is 0.328. The van der Waals surface area contributed by atoms with Crippen molar-refractivity contribution < 1.29 is 23.4 Å². The maximum atomic E-state index is 12.2. The molecule has 0 spiro atoms. The molecule has 4 nitrogen and oxygen atoms in total. The molecule has 112 valence electrons. The smallest absolute Gasteiger partial charge is 0.387 e. The van der Waals surface area contributed by atoms with Crippen LogP contribution in [-0.2, 0) is 6.54 Å². The monoisotopic (exact) mass is 287 g/mol. The van der Waals surface area contributed by atoms with Gasteiger partial charge < -0.3 is 14.6 Å². The molecule has 1 atom stereocenters. The van der Waals surface area contributed by atoms with E-state index < -0.39 is 6.61 Å². The second kappa shape index (κ2) is 6.85. The first-order chi connectivity index (χ1) is 9.63. The summed E-state index contributed by atoms with van der Waals surface area (Å²) in [6.07, 6.45) is 2.05. The van der Waals surface area contributed by atoms with E-state index >= 15 is 0 Å². The average molecular weight is 287 g/mol. The number of alkyl halides is 2. The molecule has 1 fully saturated rings. The summed E-state index contributed by atoms with van der Waals surface area (Å²) in [5, 5.41) is 9.29. The van der Waals surface area contributed by atoms with Gasteiger partial charge in [0.05, 0.1) is 13.7 Å². The van der Waals surface area contributed by atoms with E-state index in [9.17, 15) is 13.9 Å². The maximum absolute atomic E-state index is 12.2. The van der Waals surface area contributed by atoms with E-state index in [-0.39, 0.29) is 18.4 Å². The summed E-state index contributed by atoms with van der Waals surface area (Å²) in [6, 6.07) is 5.11. The van der Waals surface area contributed by atoms with Gasteiger partial charge in [-0.1, -0.05) is 6.07 Å². The van der Waals surface area contributed by atoms with Gasteiger partial charge in [0.15, 0.2) is 11.5 Å². The van der Waals surface area contributed by atoms with Gasteiger partial charge in [-0.3, -0.25) is 4.90 Å². The molecule has 0 radical (unpaired) electrons. The molecular formula is C14H19F2NO3. The van der Waals surface area contributed by atoms with Gasteiger partial charge in [0.1, 0.15) is 0 Å². The molecule has 0 bridgehead atoms. The molecule has 20 heavy (non-hydrogen) atoms. The highest BCUT2D eigenvalue weighted by molar-refractivity contribution is 5.43. The van der Waals surface area contributed by atoms with Crippen LogP contribution in [-0.4, -0.2) is 42.9 Å². The Labute approximate surface area is 116 Å². The van der Waals surface area contributed by atoms with Crippen LogP contribution in [0.25, 0.3) is 0 Å². The third-order valence-electron chi connectivity index (χ3n) is 3.54. The second-order valence-electron chi connectivity index (χ2n) is 4.81. The average Bonchev–Trinajstić information content (AvgIpc) is 2.87. The number of likely N-dealkylation sites (tertiary alicyclic amines) is 1. The molecule has 0 unspecified atom stereocenters. The molecule has 0 amide bonds. The van der Waals surface area contributed by atoms with Gasteiger partial charge in [0.25, 0.3) is 0 Å². The van der Waals surface area contributed by atoms with Crippen LogP contribution in [0, 0.1) is 0 Å². The first-order valence-electron chi connectivity index (χ1n) is 6.60. The van der Waals surface area contributed by atoms with Crippen LogP contribution in [0.2, 0.25) is 0 Å². The Morgan fingerprint density at radius 1 is 1.40 bits per heavy atom. The molecule has 1 aromatic rings. The van der Waals surface area contributed by atoms with Crippen molar-refractivity contribution in [2.75, 3.05) is 20.3 Å². The molecular weight excluding hydrogens is 268 g/mol. The molecule has 1 N–H and O–H groups in total. The zero-order valence-electron chi connectivity index (χ0n) is 11.4. The highest BCUT2D eigenvalue weighted by Gasteiger charge is 2.24. The third kappa shape index (κ3) is 3.58. The molecule has 1 aromatic carbocycles. The predicted molar refractivity (Wildman–Crippen MR) is 70.1 cm³/mol. The number of halogens is 2. The number of benzene rings is 1. The number of aliphatic hydroxyl groups is 1. The molecule has 0 aliphatic carbocycles. The SMILES string of the molecule is COc1cc(CN2CCC[C@@H]2CO)ccc1OC(F)F. The fourth-order valence-electron chi connectivity index (χ4n) is 2.55. The minimum Gasteiger partial charge on any atom is -0.493 e. The Bertz CT molecular complexity index is 442. The molecule has 1 aliphatic heterocycles. The largest absolute Gasteiger partial charge is 0.493 e. The van der Waals surface area contributed by atoms with Gasteiger partial charge >= 0.3 is 6.61 Å². The number of aliphatic hydroxyl groups excluding tert-OH is 1. The van der Waals surface area contributed by atoms with Gasteiger partial charge in [0.2, 0.25) is 0 Å². The van der Waals surface area contributed by atoms with Crippen LogP contribution in [0.5, 0.6) is 11.5 Å². The Kier molecular flexibility index (Phi) is 5.14. The van der Waals surface area contributed by atoms with Crippen LogP contribution in [0.3, 0.4) is 0 Å². The number of nitrogens with zero attached hydrogens (tertiary/aromatic N) is 1. The molecule has 1 heterocycles. The van der Waals surface area contributed by atoms with Crippen molar-refractivity contribution in [2.24, 2.45) is 0 Å².